The minimum Gasteiger partial charge on any atom is -0.126 e. The van der Waals surface area contributed by atoms with E-state index in [4.69, 9.17) is 0 Å². The lowest BCUT2D eigenvalue weighted by Crippen LogP contribution is -1.86. The Hall–Kier alpha value is -0.0800. The van der Waals surface area contributed by atoms with Crippen LogP contribution in [0.25, 0.3) is 0 Å². The quantitative estimate of drug-likeness (QED) is 0.0472. The molecule has 377 valence electrons. The molecule has 0 N–H and O–H groups in total. The number of benzene rings is 1. The summed E-state index contributed by atoms with van der Waals surface area (Å²) in [7, 11) is 0. The van der Waals surface area contributed by atoms with Crippen LogP contribution < -0.4 is 0 Å². The van der Waals surface area contributed by atoms with Crippen LogP contribution in [-0.2, 0) is 0 Å². The maximum absolute atomic E-state index is 3.43. The average molecular weight is 927 g/mol. The summed E-state index contributed by atoms with van der Waals surface area (Å²) in [4.78, 5) is 2.85. The van der Waals surface area contributed by atoms with Gasteiger partial charge in [-0.15, -0.1) is 23.5 Å². The molecule has 2 heteroatoms. The molecule has 0 aromatic heterocycles. The zero-order chi connectivity index (χ0) is 45.6. The van der Waals surface area contributed by atoms with E-state index in [1.165, 1.54) is 355 Å². The number of hydrogen-bond acceptors (Lipinski definition) is 2. The van der Waals surface area contributed by atoms with Crippen molar-refractivity contribution < 1.29 is 0 Å². The van der Waals surface area contributed by atoms with Crippen LogP contribution in [0.1, 0.15) is 348 Å². The van der Waals surface area contributed by atoms with Crippen LogP contribution in [0.4, 0.5) is 0 Å². The third kappa shape index (κ3) is 49.8. The van der Waals surface area contributed by atoms with E-state index < -0.39 is 0 Å². The molecule has 0 unspecified atom stereocenters. The van der Waals surface area contributed by atoms with Gasteiger partial charge in [0, 0.05) is 9.79 Å². The molecule has 0 heterocycles. The standard InChI is InChI=1S/C62H117S2/c1-3-5-7-9-11-13-15-17-19-21-23-25-27-29-31-33-35-37-39-41-43-45-47-49-51-53-58-63-61-56-55-57-62(60-61)64-59-54-52-50-48-46-44-42-40-38-36-34-32-30-28-26-24-22-20-18-16-14-12-10-8-6-4-2/h56-57,60H,3-54,58-59H2,1-2H3. The molecule has 0 nitrogen and oxygen atoms in total. The van der Waals surface area contributed by atoms with Gasteiger partial charge in [0.2, 0.25) is 0 Å². The maximum atomic E-state index is 3.43. The van der Waals surface area contributed by atoms with Gasteiger partial charge in [0.25, 0.3) is 0 Å². The highest BCUT2D eigenvalue weighted by molar-refractivity contribution is 8.00. The molecule has 0 atom stereocenters. The van der Waals surface area contributed by atoms with Crippen molar-refractivity contribution in [2.24, 2.45) is 0 Å². The highest BCUT2D eigenvalue weighted by Crippen LogP contribution is 2.27. The topological polar surface area (TPSA) is 0 Å². The van der Waals surface area contributed by atoms with Crippen LogP contribution in [0.3, 0.4) is 0 Å². The largest absolute Gasteiger partial charge is 0.126 e. The third-order valence-corrected chi connectivity index (χ3v) is 16.4. The van der Waals surface area contributed by atoms with Crippen LogP contribution in [-0.4, -0.2) is 11.5 Å². The van der Waals surface area contributed by atoms with Crippen LogP contribution in [0, 0.1) is 6.07 Å². The summed E-state index contributed by atoms with van der Waals surface area (Å²) >= 11 is 4.11. The molecule has 1 aromatic rings. The highest BCUT2D eigenvalue weighted by atomic mass is 32.2. The summed E-state index contributed by atoms with van der Waals surface area (Å²) in [5, 5.41) is 0. The monoisotopic (exact) mass is 926 g/mol. The lowest BCUT2D eigenvalue weighted by atomic mass is 10.0. The van der Waals surface area contributed by atoms with Crippen molar-refractivity contribution in [1.29, 1.82) is 0 Å². The van der Waals surface area contributed by atoms with E-state index in [1.54, 1.807) is 0 Å². The number of rotatable bonds is 56. The minimum absolute atomic E-state index is 1.26. The van der Waals surface area contributed by atoms with Gasteiger partial charge >= 0.3 is 0 Å². The number of hydrogen-bond donors (Lipinski definition) is 0. The molecule has 1 radical (unpaired) electrons. The van der Waals surface area contributed by atoms with Crippen LogP contribution in [0.15, 0.2) is 28.0 Å². The average Bonchev–Trinajstić information content (AvgIpc) is 3.31. The van der Waals surface area contributed by atoms with Gasteiger partial charge in [0.1, 0.15) is 0 Å². The van der Waals surface area contributed by atoms with Crippen LogP contribution in [0.2, 0.25) is 0 Å². The summed E-state index contributed by atoms with van der Waals surface area (Å²) in [6.07, 6.45) is 76.1. The fourth-order valence-electron chi connectivity index (χ4n) is 9.81. The Morgan fingerprint density at radius 3 is 0.562 bits per heavy atom. The van der Waals surface area contributed by atoms with E-state index in [0.29, 0.717) is 0 Å². The van der Waals surface area contributed by atoms with Crippen LogP contribution in [0.5, 0.6) is 0 Å². The number of thioether (sulfide) groups is 2. The second-order valence-electron chi connectivity index (χ2n) is 20.8. The summed E-state index contributed by atoms with van der Waals surface area (Å²) < 4.78 is 0. The summed E-state index contributed by atoms with van der Waals surface area (Å²) in [6.45, 7) is 4.62. The zero-order valence-electron chi connectivity index (χ0n) is 44.2. The van der Waals surface area contributed by atoms with Gasteiger partial charge in [-0.25, -0.2) is 0 Å². The second-order valence-corrected chi connectivity index (χ2v) is 23.1. The van der Waals surface area contributed by atoms with Crippen molar-refractivity contribution in [1.82, 2.24) is 0 Å². The van der Waals surface area contributed by atoms with Gasteiger partial charge < -0.3 is 0 Å². The third-order valence-electron chi connectivity index (χ3n) is 14.3. The fourth-order valence-corrected chi connectivity index (χ4v) is 11.8. The Balaban J connectivity index is 1.74. The van der Waals surface area contributed by atoms with Gasteiger partial charge in [-0.05, 0) is 48.6 Å². The molecular weight excluding hydrogens is 809 g/mol. The van der Waals surface area contributed by atoms with E-state index in [9.17, 15) is 0 Å². The molecule has 0 bridgehead atoms. The Labute approximate surface area is 414 Å². The molecule has 0 aliphatic heterocycles. The first-order valence-electron chi connectivity index (χ1n) is 30.1. The van der Waals surface area contributed by atoms with Crippen molar-refractivity contribution in [3.63, 3.8) is 0 Å². The first-order chi connectivity index (χ1) is 31.9. The van der Waals surface area contributed by atoms with Crippen molar-refractivity contribution in [2.45, 2.75) is 358 Å². The van der Waals surface area contributed by atoms with Crippen LogP contribution >= 0.6 is 23.5 Å². The Bertz CT molecular complexity index is 900. The summed E-state index contributed by atoms with van der Waals surface area (Å²) in [6, 6.07) is 10.3. The molecular formula is C62H117S2. The van der Waals surface area contributed by atoms with Crippen molar-refractivity contribution in [3.8, 4) is 0 Å². The Kier molecular flexibility index (Phi) is 53.7. The molecule has 0 aliphatic carbocycles. The molecule has 0 saturated carbocycles. The molecule has 1 aromatic carbocycles. The molecule has 0 spiro atoms. The van der Waals surface area contributed by atoms with E-state index in [0.717, 1.165) is 0 Å². The van der Waals surface area contributed by atoms with Crippen molar-refractivity contribution in [3.05, 3.63) is 24.3 Å². The smallest absolute Gasteiger partial charge is 0.00892 e. The van der Waals surface area contributed by atoms with E-state index >= 15 is 0 Å². The lowest BCUT2D eigenvalue weighted by Gasteiger charge is -2.06. The maximum Gasteiger partial charge on any atom is 0.00892 e. The van der Waals surface area contributed by atoms with Gasteiger partial charge in [-0.1, -0.05) is 335 Å². The SMILES string of the molecule is CCCCCCCCCCCCCCCCCCCCCCCCCCCCSc1c[c]cc(SCCCCCCCCCCCCCCCCCCCCCCCCCCCC)c1. The zero-order valence-corrected chi connectivity index (χ0v) is 45.9. The van der Waals surface area contributed by atoms with Gasteiger partial charge in [0.05, 0.1) is 0 Å². The van der Waals surface area contributed by atoms with Gasteiger partial charge in [-0.2, -0.15) is 0 Å². The normalized spacial score (nSPS) is 11.7. The first-order valence-corrected chi connectivity index (χ1v) is 32.1. The van der Waals surface area contributed by atoms with E-state index in [2.05, 4.69) is 61.6 Å². The van der Waals surface area contributed by atoms with Crippen molar-refractivity contribution in [2.75, 3.05) is 11.5 Å². The lowest BCUT2D eigenvalue weighted by molar-refractivity contribution is 0.516. The van der Waals surface area contributed by atoms with E-state index in [1.807, 2.05) is 0 Å². The predicted octanol–water partition coefficient (Wildman–Crippen LogP) is 24.0. The Morgan fingerprint density at radius 1 is 0.234 bits per heavy atom. The highest BCUT2D eigenvalue weighted by Gasteiger charge is 2.02. The number of unbranched alkanes of at least 4 members (excludes halogenated alkanes) is 50. The fraction of sp³-hybridized carbons (Fsp3) is 0.903. The van der Waals surface area contributed by atoms with Gasteiger partial charge in [0.15, 0.2) is 0 Å². The summed E-state index contributed by atoms with van der Waals surface area (Å²) in [5.41, 5.74) is 0. The minimum atomic E-state index is 1.26. The Morgan fingerprint density at radius 2 is 0.391 bits per heavy atom. The second kappa shape index (κ2) is 55.5. The molecule has 0 fully saturated rings. The molecule has 64 heavy (non-hydrogen) atoms. The summed E-state index contributed by atoms with van der Waals surface area (Å²) in [5.74, 6) is 2.53. The van der Waals surface area contributed by atoms with Gasteiger partial charge in [-0.3, -0.25) is 0 Å². The first kappa shape index (κ1) is 61.9. The van der Waals surface area contributed by atoms with Crippen molar-refractivity contribution >= 4 is 23.5 Å². The molecule has 0 aliphatic rings. The van der Waals surface area contributed by atoms with E-state index in [-0.39, 0.29) is 0 Å². The molecule has 1 rings (SSSR count). The molecule has 0 amide bonds. The molecule has 0 saturated heterocycles. The predicted molar refractivity (Wildman–Crippen MR) is 298 cm³/mol.